The molecular formula is C41H68. The van der Waals surface area contributed by atoms with Gasteiger partial charge >= 0.3 is 0 Å². The van der Waals surface area contributed by atoms with E-state index < -0.39 is 0 Å². The molecule has 0 aliphatic heterocycles. The second kappa shape index (κ2) is 12.8. The summed E-state index contributed by atoms with van der Waals surface area (Å²) in [5.41, 5.74) is 0. The summed E-state index contributed by atoms with van der Waals surface area (Å²) in [5.74, 6) is 15.9. The van der Waals surface area contributed by atoms with Crippen molar-refractivity contribution in [3.8, 4) is 0 Å². The Hall–Kier alpha value is 0. The quantitative estimate of drug-likeness (QED) is 0.322. The second-order valence-electron chi connectivity index (χ2n) is 18.0. The van der Waals surface area contributed by atoms with Crippen molar-refractivity contribution >= 4 is 0 Å². The zero-order valence-electron chi connectivity index (χ0n) is 27.2. The van der Waals surface area contributed by atoms with Crippen LogP contribution in [0.15, 0.2) is 0 Å². The van der Waals surface area contributed by atoms with Crippen molar-refractivity contribution < 1.29 is 0 Å². The predicted octanol–water partition coefficient (Wildman–Crippen LogP) is 12.3. The third-order valence-corrected chi connectivity index (χ3v) is 16.6. The third kappa shape index (κ3) is 5.44. The van der Waals surface area contributed by atoms with Crippen LogP contribution >= 0.6 is 0 Å². The largest absolute Gasteiger partial charge is 0.0533 e. The molecule has 0 amide bonds. The van der Waals surface area contributed by atoms with E-state index in [1.165, 1.54) is 6.42 Å². The van der Waals surface area contributed by atoms with E-state index in [1.54, 1.807) is 167 Å². The van der Waals surface area contributed by atoms with E-state index >= 15 is 0 Å². The van der Waals surface area contributed by atoms with Gasteiger partial charge < -0.3 is 0 Å². The van der Waals surface area contributed by atoms with Crippen molar-refractivity contribution in [2.75, 3.05) is 0 Å². The first-order valence-electron chi connectivity index (χ1n) is 20.4. The molecule has 0 spiro atoms. The molecule has 41 heavy (non-hydrogen) atoms. The number of hydrogen-bond acceptors (Lipinski definition) is 0. The number of rotatable bonds is 3. The highest BCUT2D eigenvalue weighted by Gasteiger charge is 2.58. The summed E-state index contributed by atoms with van der Waals surface area (Å²) in [7, 11) is 0. The zero-order valence-corrected chi connectivity index (χ0v) is 27.2. The van der Waals surface area contributed by atoms with Gasteiger partial charge in [0.1, 0.15) is 0 Å². The Morgan fingerprint density at radius 1 is 0.195 bits per heavy atom. The molecule has 0 saturated heterocycles. The van der Waals surface area contributed by atoms with Gasteiger partial charge in [0.05, 0.1) is 0 Å². The molecular weight excluding hydrogens is 492 g/mol. The molecule has 8 aliphatic rings. The van der Waals surface area contributed by atoms with E-state index in [9.17, 15) is 0 Å². The molecule has 0 heteroatoms. The van der Waals surface area contributed by atoms with Crippen LogP contribution in [0.2, 0.25) is 0 Å². The first-order valence-corrected chi connectivity index (χ1v) is 20.4. The molecule has 0 radical (unpaired) electrons. The zero-order chi connectivity index (χ0) is 27.2. The van der Waals surface area contributed by atoms with Crippen LogP contribution in [0.1, 0.15) is 173 Å². The lowest BCUT2D eigenvalue weighted by atomic mass is 9.42. The van der Waals surface area contributed by atoms with Gasteiger partial charge in [0.25, 0.3) is 0 Å². The molecule has 13 atom stereocenters. The summed E-state index contributed by atoms with van der Waals surface area (Å²) in [6.45, 7) is 0. The standard InChI is InChI=1S/C41H68/c1-3-14-28(15-4-1)29-17-13-18-31(26-29)40-35-22-9-11-24-37(35)41(38-25-12-10-23-36(38)40)39-27-30-16-5-2-6-19-32(30)33-20-7-8-21-34(33)39/h28-41H,1-27H2/t29-,30-,31?,32?,33?,34-,35+,36?,37?,38+,39+,40?,41?/m0/s1. The van der Waals surface area contributed by atoms with Crippen LogP contribution in [0.3, 0.4) is 0 Å². The average molecular weight is 561 g/mol. The molecule has 0 bridgehead atoms. The van der Waals surface area contributed by atoms with E-state index in [0.29, 0.717) is 0 Å². The summed E-state index contributed by atoms with van der Waals surface area (Å²) in [5, 5.41) is 0. The molecule has 232 valence electrons. The van der Waals surface area contributed by atoms with Crippen LogP contribution in [-0.4, -0.2) is 0 Å². The molecule has 8 saturated carbocycles. The third-order valence-electron chi connectivity index (χ3n) is 16.6. The maximum absolute atomic E-state index is 1.70. The van der Waals surface area contributed by atoms with Crippen LogP contribution in [0.5, 0.6) is 0 Å². The van der Waals surface area contributed by atoms with E-state index in [4.69, 9.17) is 0 Å². The fraction of sp³-hybridized carbons (Fsp3) is 1.00. The van der Waals surface area contributed by atoms with Gasteiger partial charge in [-0.15, -0.1) is 0 Å². The molecule has 0 aromatic carbocycles. The second-order valence-corrected chi connectivity index (χ2v) is 18.0. The van der Waals surface area contributed by atoms with E-state index in [-0.39, 0.29) is 0 Å². The molecule has 0 heterocycles. The van der Waals surface area contributed by atoms with Gasteiger partial charge in [-0.3, -0.25) is 0 Å². The van der Waals surface area contributed by atoms with E-state index in [2.05, 4.69) is 0 Å². The topological polar surface area (TPSA) is 0 Å². The smallest absolute Gasteiger partial charge is 0.0321 e. The van der Waals surface area contributed by atoms with Gasteiger partial charge in [0.15, 0.2) is 0 Å². The normalized spacial score (nSPS) is 51.4. The van der Waals surface area contributed by atoms with Gasteiger partial charge in [-0.05, 0) is 141 Å². The average Bonchev–Trinajstić information content (AvgIpc) is 3.29. The van der Waals surface area contributed by atoms with Crippen molar-refractivity contribution in [1.82, 2.24) is 0 Å². The Kier molecular flexibility index (Phi) is 8.87. The molecule has 0 aromatic rings. The van der Waals surface area contributed by atoms with Gasteiger partial charge in [-0.1, -0.05) is 116 Å². The molecule has 8 fully saturated rings. The first-order chi connectivity index (χ1) is 20.4. The molecule has 0 N–H and O–H groups in total. The van der Waals surface area contributed by atoms with Crippen molar-refractivity contribution in [2.24, 2.45) is 82.9 Å². The first kappa shape index (κ1) is 28.5. The summed E-state index contributed by atoms with van der Waals surface area (Å²) in [4.78, 5) is 0. The summed E-state index contributed by atoms with van der Waals surface area (Å²) < 4.78 is 0. The van der Waals surface area contributed by atoms with E-state index in [1.807, 2.05) is 0 Å². The highest BCUT2D eigenvalue weighted by molar-refractivity contribution is 5.07. The van der Waals surface area contributed by atoms with Crippen LogP contribution in [0, 0.1) is 82.9 Å². The summed E-state index contributed by atoms with van der Waals surface area (Å²) in [6, 6.07) is 0. The Morgan fingerprint density at radius 3 is 1.24 bits per heavy atom. The van der Waals surface area contributed by atoms with Gasteiger partial charge in [0.2, 0.25) is 0 Å². The highest BCUT2D eigenvalue weighted by Crippen LogP contribution is 2.65. The van der Waals surface area contributed by atoms with Gasteiger partial charge in [-0.2, -0.15) is 0 Å². The lowest BCUT2D eigenvalue weighted by molar-refractivity contribution is -0.142. The van der Waals surface area contributed by atoms with Gasteiger partial charge in [0, 0.05) is 0 Å². The van der Waals surface area contributed by atoms with Crippen LogP contribution in [-0.2, 0) is 0 Å². The van der Waals surface area contributed by atoms with E-state index in [0.717, 1.165) is 82.9 Å². The Labute approximate surface area is 255 Å². The van der Waals surface area contributed by atoms with Crippen LogP contribution < -0.4 is 0 Å². The van der Waals surface area contributed by atoms with Crippen LogP contribution in [0.4, 0.5) is 0 Å². The Bertz CT molecular complexity index is 813. The van der Waals surface area contributed by atoms with Crippen LogP contribution in [0.25, 0.3) is 0 Å². The maximum Gasteiger partial charge on any atom is -0.0321 e. The lowest BCUT2D eigenvalue weighted by Gasteiger charge is -2.63. The SMILES string of the molecule is C1CCC([C@H]2CCCC(C3C4CCCC[C@H]4C([C@@H]4C[C@@H]5CCCCCC5C5CCCC[C@@H]54)C4CCCC[C@H]43)C2)CC1. The monoisotopic (exact) mass is 561 g/mol. The Morgan fingerprint density at radius 2 is 0.610 bits per heavy atom. The van der Waals surface area contributed by atoms with Crippen molar-refractivity contribution in [3.05, 3.63) is 0 Å². The molecule has 8 rings (SSSR count). The lowest BCUT2D eigenvalue weighted by Crippen LogP contribution is -2.56. The minimum absolute atomic E-state index is 1.12. The van der Waals surface area contributed by atoms with Crippen molar-refractivity contribution in [1.29, 1.82) is 0 Å². The molecule has 0 nitrogen and oxygen atoms in total. The summed E-state index contributed by atoms with van der Waals surface area (Å²) >= 11 is 0. The van der Waals surface area contributed by atoms with Gasteiger partial charge in [-0.25, -0.2) is 0 Å². The molecule has 0 aromatic heterocycles. The Balaban J connectivity index is 1.10. The minimum atomic E-state index is 1.12. The number of hydrogen-bond donors (Lipinski definition) is 0. The minimum Gasteiger partial charge on any atom is -0.0533 e. The number of fused-ring (bicyclic) bond motifs is 5. The molecule has 8 aliphatic carbocycles. The fourth-order valence-corrected chi connectivity index (χ4v) is 15.4. The highest BCUT2D eigenvalue weighted by atomic mass is 14.6. The summed E-state index contributed by atoms with van der Waals surface area (Å²) in [6.07, 6.45) is 43.3. The van der Waals surface area contributed by atoms with Crippen molar-refractivity contribution in [3.63, 3.8) is 0 Å². The maximum atomic E-state index is 1.70. The fourth-order valence-electron chi connectivity index (χ4n) is 15.4. The molecule has 7 unspecified atom stereocenters. The predicted molar refractivity (Wildman–Crippen MR) is 174 cm³/mol. The van der Waals surface area contributed by atoms with Crippen molar-refractivity contribution in [2.45, 2.75) is 173 Å².